The lowest BCUT2D eigenvalue weighted by Crippen LogP contribution is -2.40. The minimum absolute atomic E-state index is 0.257. The van der Waals surface area contributed by atoms with Gasteiger partial charge in [0, 0.05) is 23.6 Å². The number of aryl methyl sites for hydroxylation is 1. The van der Waals surface area contributed by atoms with E-state index in [2.05, 4.69) is 46.0 Å². The van der Waals surface area contributed by atoms with Gasteiger partial charge in [-0.3, -0.25) is 4.79 Å². The zero-order chi connectivity index (χ0) is 19.1. The molecule has 0 N–H and O–H groups in total. The van der Waals surface area contributed by atoms with E-state index in [0.717, 1.165) is 32.5 Å². The molecule has 2 aliphatic rings. The molecular formula is C22H33BrN2O2. The average Bonchev–Trinajstić information content (AvgIpc) is 2.88. The van der Waals surface area contributed by atoms with E-state index >= 15 is 0 Å². The molecular weight excluding hydrogens is 404 g/mol. The fourth-order valence-electron chi connectivity index (χ4n) is 4.35. The van der Waals surface area contributed by atoms with Crippen LogP contribution in [0.25, 0.3) is 0 Å². The topological polar surface area (TPSA) is 32.8 Å². The SMILES string of the molecule is CCCN(CCCCN1CCOCCC1=O)C1CCc2cc(Br)ccc2C1. The number of carbonyl (C=O) groups is 1. The van der Waals surface area contributed by atoms with E-state index in [1.165, 1.54) is 47.8 Å². The zero-order valence-corrected chi connectivity index (χ0v) is 18.2. The third-order valence-corrected chi connectivity index (χ3v) is 6.33. The number of halogens is 1. The van der Waals surface area contributed by atoms with Crippen molar-refractivity contribution in [3.05, 3.63) is 33.8 Å². The molecule has 1 fully saturated rings. The van der Waals surface area contributed by atoms with Crippen molar-refractivity contribution < 1.29 is 9.53 Å². The zero-order valence-electron chi connectivity index (χ0n) is 16.6. The summed E-state index contributed by atoms with van der Waals surface area (Å²) in [5.41, 5.74) is 3.03. The van der Waals surface area contributed by atoms with Gasteiger partial charge >= 0.3 is 0 Å². The van der Waals surface area contributed by atoms with Crippen LogP contribution in [-0.4, -0.2) is 61.1 Å². The second kappa shape index (κ2) is 10.6. The molecule has 27 heavy (non-hydrogen) atoms. The molecule has 0 saturated carbocycles. The number of benzene rings is 1. The normalized spacial score (nSPS) is 20.6. The molecule has 1 unspecified atom stereocenters. The largest absolute Gasteiger partial charge is 0.379 e. The summed E-state index contributed by atoms with van der Waals surface area (Å²) in [6.45, 7) is 7.49. The first-order valence-electron chi connectivity index (χ1n) is 10.5. The van der Waals surface area contributed by atoms with E-state index in [9.17, 15) is 4.79 Å². The molecule has 1 amide bonds. The molecule has 0 bridgehead atoms. The number of nitrogens with zero attached hydrogens (tertiary/aromatic N) is 2. The van der Waals surface area contributed by atoms with E-state index in [0.29, 0.717) is 25.7 Å². The molecule has 150 valence electrons. The molecule has 1 saturated heterocycles. The lowest BCUT2D eigenvalue weighted by molar-refractivity contribution is -0.130. The number of amides is 1. The summed E-state index contributed by atoms with van der Waals surface area (Å²) in [5, 5.41) is 0. The summed E-state index contributed by atoms with van der Waals surface area (Å²) >= 11 is 3.60. The van der Waals surface area contributed by atoms with Gasteiger partial charge < -0.3 is 14.5 Å². The highest BCUT2D eigenvalue weighted by Crippen LogP contribution is 2.27. The van der Waals surface area contributed by atoms with Crippen molar-refractivity contribution in [1.29, 1.82) is 0 Å². The van der Waals surface area contributed by atoms with Crippen LogP contribution in [0.2, 0.25) is 0 Å². The highest BCUT2D eigenvalue weighted by atomic mass is 79.9. The molecule has 0 spiro atoms. The van der Waals surface area contributed by atoms with Crippen molar-refractivity contribution in [2.75, 3.05) is 39.4 Å². The van der Waals surface area contributed by atoms with Crippen LogP contribution in [0.5, 0.6) is 0 Å². The lowest BCUT2D eigenvalue weighted by Gasteiger charge is -2.35. The van der Waals surface area contributed by atoms with Crippen LogP contribution in [0.4, 0.5) is 0 Å². The van der Waals surface area contributed by atoms with Gasteiger partial charge in [-0.2, -0.15) is 0 Å². The molecule has 0 aromatic heterocycles. The van der Waals surface area contributed by atoms with E-state index in [1.807, 2.05) is 4.90 Å². The van der Waals surface area contributed by atoms with Gasteiger partial charge in [-0.1, -0.05) is 28.9 Å². The summed E-state index contributed by atoms with van der Waals surface area (Å²) in [6, 6.07) is 7.42. The van der Waals surface area contributed by atoms with Gasteiger partial charge in [-0.15, -0.1) is 0 Å². The average molecular weight is 437 g/mol. The van der Waals surface area contributed by atoms with Crippen LogP contribution >= 0.6 is 15.9 Å². The van der Waals surface area contributed by atoms with Gasteiger partial charge in [0.2, 0.25) is 5.91 Å². The maximum absolute atomic E-state index is 12.1. The smallest absolute Gasteiger partial charge is 0.224 e. The summed E-state index contributed by atoms with van der Waals surface area (Å²) in [7, 11) is 0. The molecule has 1 atom stereocenters. The monoisotopic (exact) mass is 436 g/mol. The third kappa shape index (κ3) is 6.03. The minimum atomic E-state index is 0.257. The van der Waals surface area contributed by atoms with Gasteiger partial charge in [0.25, 0.3) is 0 Å². The van der Waals surface area contributed by atoms with E-state index in [4.69, 9.17) is 4.74 Å². The molecule has 0 radical (unpaired) electrons. The summed E-state index contributed by atoms with van der Waals surface area (Å²) in [5.74, 6) is 0.257. The Labute approximate surface area is 172 Å². The Morgan fingerprint density at radius 2 is 2.07 bits per heavy atom. The van der Waals surface area contributed by atoms with Crippen LogP contribution in [0.1, 0.15) is 50.2 Å². The van der Waals surface area contributed by atoms with Gasteiger partial charge in [-0.05, 0) is 74.9 Å². The Kier molecular flexibility index (Phi) is 8.16. The van der Waals surface area contributed by atoms with E-state index in [-0.39, 0.29) is 5.91 Å². The van der Waals surface area contributed by atoms with Crippen LogP contribution in [0.15, 0.2) is 22.7 Å². The van der Waals surface area contributed by atoms with Gasteiger partial charge in [0.05, 0.1) is 19.6 Å². The number of hydrogen-bond donors (Lipinski definition) is 0. The Morgan fingerprint density at radius 3 is 2.93 bits per heavy atom. The Bertz CT molecular complexity index is 622. The fraction of sp³-hybridized carbons (Fsp3) is 0.682. The fourth-order valence-corrected chi connectivity index (χ4v) is 4.76. The quantitative estimate of drug-likeness (QED) is 0.576. The first-order chi connectivity index (χ1) is 13.2. The first-order valence-corrected chi connectivity index (χ1v) is 11.3. The first kappa shape index (κ1) is 20.8. The Hall–Kier alpha value is -0.910. The Morgan fingerprint density at radius 1 is 1.19 bits per heavy atom. The summed E-state index contributed by atoms with van der Waals surface area (Å²) < 4.78 is 6.61. The lowest BCUT2D eigenvalue weighted by atomic mass is 9.87. The predicted molar refractivity (Wildman–Crippen MR) is 113 cm³/mol. The van der Waals surface area contributed by atoms with Crippen molar-refractivity contribution in [2.45, 2.75) is 57.9 Å². The van der Waals surface area contributed by atoms with Crippen LogP contribution in [0, 0.1) is 0 Å². The molecule has 5 heteroatoms. The molecule has 4 nitrogen and oxygen atoms in total. The minimum Gasteiger partial charge on any atom is -0.379 e. The summed E-state index contributed by atoms with van der Waals surface area (Å²) in [6.07, 6.45) is 7.60. The van der Waals surface area contributed by atoms with Crippen molar-refractivity contribution in [2.24, 2.45) is 0 Å². The molecule has 3 rings (SSSR count). The highest BCUT2D eigenvalue weighted by molar-refractivity contribution is 9.10. The number of rotatable bonds is 8. The van der Waals surface area contributed by atoms with Crippen molar-refractivity contribution in [1.82, 2.24) is 9.80 Å². The maximum atomic E-state index is 12.1. The second-order valence-electron chi connectivity index (χ2n) is 7.80. The van der Waals surface area contributed by atoms with E-state index < -0.39 is 0 Å². The predicted octanol–water partition coefficient (Wildman–Crippen LogP) is 4.05. The van der Waals surface area contributed by atoms with Crippen molar-refractivity contribution in [3.63, 3.8) is 0 Å². The number of hydrogen-bond acceptors (Lipinski definition) is 3. The molecule has 1 heterocycles. The molecule has 1 aliphatic heterocycles. The number of fused-ring (bicyclic) bond motifs is 1. The Balaban J connectivity index is 1.47. The molecule has 1 aromatic carbocycles. The second-order valence-corrected chi connectivity index (χ2v) is 8.71. The number of ether oxygens (including phenoxy) is 1. The molecule has 1 aromatic rings. The molecule has 1 aliphatic carbocycles. The van der Waals surface area contributed by atoms with Crippen LogP contribution < -0.4 is 0 Å². The maximum Gasteiger partial charge on any atom is 0.224 e. The van der Waals surface area contributed by atoms with Crippen LogP contribution in [0.3, 0.4) is 0 Å². The summed E-state index contributed by atoms with van der Waals surface area (Å²) in [4.78, 5) is 16.7. The van der Waals surface area contributed by atoms with Crippen molar-refractivity contribution >= 4 is 21.8 Å². The van der Waals surface area contributed by atoms with Crippen LogP contribution in [-0.2, 0) is 22.4 Å². The standard InChI is InChI=1S/C22H33BrN2O2/c1-2-10-24(11-3-4-12-25-13-15-27-14-9-22(25)26)21-8-6-18-16-20(23)7-5-19(18)17-21/h5,7,16,21H,2-4,6,8-15,17H2,1H3. The van der Waals surface area contributed by atoms with Gasteiger partial charge in [0.15, 0.2) is 0 Å². The highest BCUT2D eigenvalue weighted by Gasteiger charge is 2.24. The van der Waals surface area contributed by atoms with Crippen molar-refractivity contribution in [3.8, 4) is 0 Å². The third-order valence-electron chi connectivity index (χ3n) is 5.84. The van der Waals surface area contributed by atoms with E-state index in [1.54, 1.807) is 0 Å². The van der Waals surface area contributed by atoms with Gasteiger partial charge in [-0.25, -0.2) is 0 Å². The van der Waals surface area contributed by atoms with Gasteiger partial charge in [0.1, 0.15) is 0 Å². The number of carbonyl (C=O) groups excluding carboxylic acids is 1. The number of unbranched alkanes of at least 4 members (excludes halogenated alkanes) is 1.